The highest BCUT2D eigenvalue weighted by molar-refractivity contribution is 5.04. The summed E-state index contributed by atoms with van der Waals surface area (Å²) in [5, 5.41) is 13.8. The van der Waals surface area contributed by atoms with Gasteiger partial charge in [0.15, 0.2) is 0 Å². The molecule has 0 aromatic carbocycles. The average molecular weight is 226 g/mol. The summed E-state index contributed by atoms with van der Waals surface area (Å²) >= 11 is 0. The van der Waals surface area contributed by atoms with Crippen LogP contribution in [0.5, 0.6) is 0 Å². The lowest BCUT2D eigenvalue weighted by atomic mass is 9.70. The first-order valence-corrected chi connectivity index (χ1v) is 6.50. The number of likely N-dealkylation sites (tertiary alicyclic amines) is 1. The van der Waals surface area contributed by atoms with Crippen LogP contribution in [0.2, 0.25) is 0 Å². The van der Waals surface area contributed by atoms with Crippen molar-refractivity contribution in [1.82, 2.24) is 10.2 Å². The summed E-state index contributed by atoms with van der Waals surface area (Å²) in [7, 11) is 0. The topological polar surface area (TPSA) is 35.5 Å². The summed E-state index contributed by atoms with van der Waals surface area (Å²) in [4.78, 5) is 2.53. The van der Waals surface area contributed by atoms with Crippen molar-refractivity contribution in [2.45, 2.75) is 45.8 Å². The lowest BCUT2D eigenvalue weighted by Gasteiger charge is -2.50. The molecule has 0 aromatic heterocycles. The maximum absolute atomic E-state index is 10.3. The smallest absolute Gasteiger partial charge is 0.0636 e. The second-order valence-electron chi connectivity index (χ2n) is 6.66. The van der Waals surface area contributed by atoms with Gasteiger partial charge in [0.1, 0.15) is 0 Å². The zero-order chi connectivity index (χ0) is 12.0. The minimum Gasteiger partial charge on any atom is -0.392 e. The SMILES string of the molecule is CC1CNCC12CN(C(C)(C)C)CCC2O. The first-order chi connectivity index (χ1) is 7.36. The molecule has 2 aliphatic rings. The maximum atomic E-state index is 10.3. The second kappa shape index (κ2) is 3.97. The Hall–Kier alpha value is -0.120. The average Bonchev–Trinajstić information content (AvgIpc) is 2.52. The van der Waals surface area contributed by atoms with E-state index in [9.17, 15) is 5.11 Å². The fourth-order valence-electron chi connectivity index (χ4n) is 3.23. The van der Waals surface area contributed by atoms with E-state index >= 15 is 0 Å². The fourth-order valence-corrected chi connectivity index (χ4v) is 3.23. The van der Waals surface area contributed by atoms with E-state index in [1.807, 2.05) is 0 Å². The number of nitrogens with zero attached hydrogens (tertiary/aromatic N) is 1. The third-order valence-corrected chi connectivity index (χ3v) is 4.66. The Balaban J connectivity index is 2.18. The van der Waals surface area contributed by atoms with Crippen molar-refractivity contribution >= 4 is 0 Å². The second-order valence-corrected chi connectivity index (χ2v) is 6.66. The minimum atomic E-state index is -0.129. The van der Waals surface area contributed by atoms with Crippen molar-refractivity contribution in [2.24, 2.45) is 11.3 Å². The molecule has 0 radical (unpaired) electrons. The first-order valence-electron chi connectivity index (χ1n) is 6.50. The van der Waals surface area contributed by atoms with E-state index in [0.29, 0.717) is 5.92 Å². The van der Waals surface area contributed by atoms with Crippen LogP contribution in [-0.2, 0) is 0 Å². The van der Waals surface area contributed by atoms with Crippen molar-refractivity contribution in [3.63, 3.8) is 0 Å². The Morgan fingerprint density at radius 2 is 2.06 bits per heavy atom. The molecule has 0 aromatic rings. The molecule has 0 saturated carbocycles. The van der Waals surface area contributed by atoms with Crippen LogP contribution in [0.4, 0.5) is 0 Å². The Labute approximate surface area is 99.2 Å². The van der Waals surface area contributed by atoms with Gasteiger partial charge < -0.3 is 10.4 Å². The maximum Gasteiger partial charge on any atom is 0.0636 e. The predicted molar refractivity (Wildman–Crippen MR) is 66.4 cm³/mol. The number of nitrogens with one attached hydrogen (secondary N) is 1. The van der Waals surface area contributed by atoms with Gasteiger partial charge in [-0.2, -0.15) is 0 Å². The molecule has 2 N–H and O–H groups in total. The van der Waals surface area contributed by atoms with E-state index in [1.165, 1.54) is 0 Å². The van der Waals surface area contributed by atoms with E-state index in [4.69, 9.17) is 0 Å². The lowest BCUT2D eigenvalue weighted by Crippen LogP contribution is -2.59. The molecule has 2 heterocycles. The molecule has 2 saturated heterocycles. The van der Waals surface area contributed by atoms with E-state index in [1.54, 1.807) is 0 Å². The normalized spacial score (nSPS) is 41.8. The predicted octanol–water partition coefficient (Wildman–Crippen LogP) is 1.08. The van der Waals surface area contributed by atoms with Gasteiger partial charge in [-0.05, 0) is 39.7 Å². The largest absolute Gasteiger partial charge is 0.392 e. The first kappa shape index (κ1) is 12.3. The minimum absolute atomic E-state index is 0.0888. The molecule has 3 unspecified atom stereocenters. The monoisotopic (exact) mass is 226 g/mol. The van der Waals surface area contributed by atoms with Gasteiger partial charge in [-0.1, -0.05) is 6.92 Å². The van der Waals surface area contributed by atoms with E-state index in [-0.39, 0.29) is 17.1 Å². The van der Waals surface area contributed by atoms with Crippen molar-refractivity contribution in [3.8, 4) is 0 Å². The summed E-state index contributed by atoms with van der Waals surface area (Å²) in [6.07, 6.45) is 0.791. The zero-order valence-electron chi connectivity index (χ0n) is 11.1. The quantitative estimate of drug-likeness (QED) is 0.649. The molecule has 0 bridgehead atoms. The van der Waals surface area contributed by atoms with Crippen molar-refractivity contribution in [3.05, 3.63) is 0 Å². The van der Waals surface area contributed by atoms with Crippen LogP contribution in [0, 0.1) is 11.3 Å². The van der Waals surface area contributed by atoms with Gasteiger partial charge in [0.25, 0.3) is 0 Å². The highest BCUT2D eigenvalue weighted by atomic mass is 16.3. The zero-order valence-corrected chi connectivity index (χ0v) is 11.1. The summed E-state index contributed by atoms with van der Waals surface area (Å²) < 4.78 is 0. The third-order valence-electron chi connectivity index (χ3n) is 4.66. The van der Waals surface area contributed by atoms with Crippen molar-refractivity contribution in [1.29, 1.82) is 0 Å². The molecule has 3 heteroatoms. The Kier molecular flexibility index (Phi) is 3.06. The number of rotatable bonds is 0. The Morgan fingerprint density at radius 3 is 2.56 bits per heavy atom. The summed E-state index contributed by atoms with van der Waals surface area (Å²) in [5.41, 5.74) is 0.307. The van der Waals surface area contributed by atoms with Crippen LogP contribution >= 0.6 is 0 Å². The molecular weight excluding hydrogens is 200 g/mol. The van der Waals surface area contributed by atoms with E-state index in [2.05, 4.69) is 37.9 Å². The van der Waals surface area contributed by atoms with Crippen molar-refractivity contribution in [2.75, 3.05) is 26.2 Å². The number of aliphatic hydroxyl groups excluding tert-OH is 1. The fraction of sp³-hybridized carbons (Fsp3) is 1.00. The molecule has 0 amide bonds. The number of piperidine rings is 1. The van der Waals surface area contributed by atoms with Crippen LogP contribution in [0.25, 0.3) is 0 Å². The van der Waals surface area contributed by atoms with Crippen molar-refractivity contribution < 1.29 is 5.11 Å². The van der Waals surface area contributed by atoms with Gasteiger partial charge in [0, 0.05) is 30.6 Å². The van der Waals surface area contributed by atoms with Gasteiger partial charge in [0.05, 0.1) is 6.10 Å². The van der Waals surface area contributed by atoms with Crippen LogP contribution in [0.15, 0.2) is 0 Å². The summed E-state index contributed by atoms with van der Waals surface area (Å²) in [5.74, 6) is 0.577. The van der Waals surface area contributed by atoms with Crippen LogP contribution in [0.1, 0.15) is 34.1 Å². The van der Waals surface area contributed by atoms with E-state index < -0.39 is 0 Å². The highest BCUT2D eigenvalue weighted by Gasteiger charge is 2.50. The molecule has 2 rings (SSSR count). The molecule has 94 valence electrons. The van der Waals surface area contributed by atoms with E-state index in [0.717, 1.165) is 32.6 Å². The molecular formula is C13H26N2O. The molecule has 2 fully saturated rings. The number of hydrogen-bond donors (Lipinski definition) is 2. The Morgan fingerprint density at radius 1 is 1.38 bits per heavy atom. The molecule has 16 heavy (non-hydrogen) atoms. The van der Waals surface area contributed by atoms with Crippen LogP contribution in [0.3, 0.4) is 0 Å². The van der Waals surface area contributed by atoms with Gasteiger partial charge in [-0.25, -0.2) is 0 Å². The summed E-state index contributed by atoms with van der Waals surface area (Å²) in [6, 6.07) is 0. The molecule has 2 aliphatic heterocycles. The molecule has 1 spiro atoms. The van der Waals surface area contributed by atoms with Gasteiger partial charge in [0.2, 0.25) is 0 Å². The van der Waals surface area contributed by atoms with Crippen LogP contribution < -0.4 is 5.32 Å². The lowest BCUT2D eigenvalue weighted by molar-refractivity contribution is -0.0788. The van der Waals surface area contributed by atoms with Gasteiger partial charge >= 0.3 is 0 Å². The molecule has 3 atom stereocenters. The number of hydrogen-bond acceptors (Lipinski definition) is 3. The van der Waals surface area contributed by atoms with Gasteiger partial charge in [-0.15, -0.1) is 0 Å². The Bertz CT molecular complexity index is 261. The third kappa shape index (κ3) is 1.89. The molecule has 3 nitrogen and oxygen atoms in total. The summed E-state index contributed by atoms with van der Waals surface area (Å²) in [6.45, 7) is 13.2. The highest BCUT2D eigenvalue weighted by Crippen LogP contribution is 2.41. The standard InChI is InChI=1S/C13H26N2O/c1-10-7-14-8-13(10)9-15(12(2,3)4)6-5-11(13)16/h10-11,14,16H,5-9H2,1-4H3. The van der Waals surface area contributed by atoms with Crippen LogP contribution in [-0.4, -0.2) is 47.8 Å². The van der Waals surface area contributed by atoms with Gasteiger partial charge in [-0.3, -0.25) is 4.90 Å². The molecule has 0 aliphatic carbocycles. The number of aliphatic hydroxyl groups is 1.